The van der Waals surface area contributed by atoms with Crippen molar-refractivity contribution in [1.82, 2.24) is 14.8 Å². The van der Waals surface area contributed by atoms with Gasteiger partial charge < -0.3 is 9.88 Å². The van der Waals surface area contributed by atoms with Crippen LogP contribution in [-0.4, -0.2) is 46.9 Å². The first-order valence-electron chi connectivity index (χ1n) is 8.85. The first-order chi connectivity index (χ1) is 12.2. The molecule has 4 heteroatoms. The fraction of sp³-hybridized carbons (Fsp3) is 0.286. The van der Waals surface area contributed by atoms with E-state index in [2.05, 4.69) is 40.2 Å². The Labute approximate surface area is 148 Å². The van der Waals surface area contributed by atoms with Gasteiger partial charge in [0.15, 0.2) is 0 Å². The average Bonchev–Trinajstić information content (AvgIpc) is 3.00. The van der Waals surface area contributed by atoms with E-state index < -0.39 is 0 Å². The van der Waals surface area contributed by atoms with Crippen LogP contribution in [0.4, 0.5) is 0 Å². The lowest BCUT2D eigenvalue weighted by atomic mass is 10.1. The monoisotopic (exact) mass is 333 g/mol. The molecule has 0 aliphatic carbocycles. The average molecular weight is 333 g/mol. The van der Waals surface area contributed by atoms with Gasteiger partial charge >= 0.3 is 0 Å². The molecular weight excluding hydrogens is 310 g/mol. The Kier molecular flexibility index (Phi) is 4.28. The van der Waals surface area contributed by atoms with Crippen LogP contribution < -0.4 is 0 Å². The lowest BCUT2D eigenvalue weighted by Crippen LogP contribution is -2.48. The number of hydrogen-bond acceptors (Lipinski definition) is 2. The van der Waals surface area contributed by atoms with E-state index in [0.717, 1.165) is 54.9 Å². The number of aryl methyl sites for hydroxylation is 1. The van der Waals surface area contributed by atoms with Crippen molar-refractivity contribution < 1.29 is 4.79 Å². The fourth-order valence-corrected chi connectivity index (χ4v) is 3.60. The Morgan fingerprint density at radius 3 is 2.36 bits per heavy atom. The summed E-state index contributed by atoms with van der Waals surface area (Å²) >= 11 is 0. The highest BCUT2D eigenvalue weighted by molar-refractivity contribution is 6.00. The normalized spacial score (nSPS) is 15.6. The first kappa shape index (κ1) is 15.9. The third-order valence-corrected chi connectivity index (χ3v) is 5.09. The van der Waals surface area contributed by atoms with Crippen LogP contribution in [0.5, 0.6) is 0 Å². The molecular formula is C21H23N3O. The number of hydrogen-bond donors (Lipinski definition) is 1. The fourth-order valence-electron chi connectivity index (χ4n) is 3.60. The number of aromatic nitrogens is 1. The van der Waals surface area contributed by atoms with E-state index in [0.29, 0.717) is 0 Å². The minimum Gasteiger partial charge on any atom is -0.350 e. The molecule has 0 radical (unpaired) electrons. The molecule has 25 heavy (non-hydrogen) atoms. The zero-order valence-corrected chi connectivity index (χ0v) is 14.5. The predicted molar refractivity (Wildman–Crippen MR) is 101 cm³/mol. The summed E-state index contributed by atoms with van der Waals surface area (Å²) < 4.78 is 0. The molecule has 0 bridgehead atoms. The topological polar surface area (TPSA) is 39.3 Å². The minimum atomic E-state index is 0.119. The van der Waals surface area contributed by atoms with E-state index in [4.69, 9.17) is 0 Å². The lowest BCUT2D eigenvalue weighted by molar-refractivity contribution is 0.0623. The zero-order chi connectivity index (χ0) is 17.2. The van der Waals surface area contributed by atoms with Crippen LogP contribution in [0, 0.1) is 6.92 Å². The summed E-state index contributed by atoms with van der Waals surface area (Å²) in [5.41, 5.74) is 4.14. The van der Waals surface area contributed by atoms with Gasteiger partial charge in [-0.25, -0.2) is 0 Å². The smallest absolute Gasteiger partial charge is 0.270 e. The number of benzene rings is 2. The van der Waals surface area contributed by atoms with Gasteiger partial charge in [0, 0.05) is 43.6 Å². The summed E-state index contributed by atoms with van der Waals surface area (Å²) in [5, 5.41) is 1.13. The van der Waals surface area contributed by atoms with Crippen LogP contribution in [0.1, 0.15) is 21.6 Å². The standard InChI is InChI=1S/C21H23N3O/c1-16-18-9-5-6-10-19(18)22-20(16)21(25)24-13-11-23(12-14-24)15-17-7-3-2-4-8-17/h2-10,22H,11-15H2,1H3. The summed E-state index contributed by atoms with van der Waals surface area (Å²) in [4.78, 5) is 20.6. The van der Waals surface area contributed by atoms with Gasteiger partial charge in [-0.05, 0) is 24.1 Å². The number of fused-ring (bicyclic) bond motifs is 1. The molecule has 1 amide bonds. The van der Waals surface area contributed by atoms with Crippen LogP contribution in [0.3, 0.4) is 0 Å². The molecule has 0 saturated carbocycles. The highest BCUT2D eigenvalue weighted by atomic mass is 16.2. The van der Waals surface area contributed by atoms with Crippen LogP contribution in [0.25, 0.3) is 10.9 Å². The lowest BCUT2D eigenvalue weighted by Gasteiger charge is -2.34. The van der Waals surface area contributed by atoms with Crippen molar-refractivity contribution >= 4 is 16.8 Å². The van der Waals surface area contributed by atoms with Gasteiger partial charge in [0.05, 0.1) is 0 Å². The second-order valence-corrected chi connectivity index (χ2v) is 6.72. The summed E-state index contributed by atoms with van der Waals surface area (Å²) in [6.07, 6.45) is 0. The van der Waals surface area contributed by atoms with Gasteiger partial charge in [-0.2, -0.15) is 0 Å². The number of rotatable bonds is 3. The Morgan fingerprint density at radius 1 is 0.960 bits per heavy atom. The number of para-hydroxylation sites is 1. The number of amides is 1. The van der Waals surface area contributed by atoms with Crippen molar-refractivity contribution in [2.45, 2.75) is 13.5 Å². The van der Waals surface area contributed by atoms with Crippen LogP contribution in [0.2, 0.25) is 0 Å². The number of carbonyl (C=O) groups is 1. The van der Waals surface area contributed by atoms with Crippen LogP contribution in [0.15, 0.2) is 54.6 Å². The Morgan fingerprint density at radius 2 is 1.64 bits per heavy atom. The molecule has 0 unspecified atom stereocenters. The maximum Gasteiger partial charge on any atom is 0.270 e. The molecule has 0 spiro atoms. The molecule has 2 heterocycles. The van der Waals surface area contributed by atoms with Gasteiger partial charge in [-0.3, -0.25) is 9.69 Å². The Bertz CT molecular complexity index is 877. The highest BCUT2D eigenvalue weighted by Crippen LogP contribution is 2.23. The molecule has 4 rings (SSSR count). The maximum absolute atomic E-state index is 12.9. The van der Waals surface area contributed by atoms with Crippen molar-refractivity contribution in [3.63, 3.8) is 0 Å². The third-order valence-electron chi connectivity index (χ3n) is 5.09. The van der Waals surface area contributed by atoms with Crippen LogP contribution >= 0.6 is 0 Å². The van der Waals surface area contributed by atoms with E-state index in [1.807, 2.05) is 36.1 Å². The van der Waals surface area contributed by atoms with Gasteiger partial charge in [0.1, 0.15) is 5.69 Å². The van der Waals surface area contributed by atoms with E-state index in [1.165, 1.54) is 5.56 Å². The van der Waals surface area contributed by atoms with Crippen LogP contribution in [-0.2, 0) is 6.54 Å². The largest absolute Gasteiger partial charge is 0.350 e. The second kappa shape index (κ2) is 6.73. The molecule has 1 aromatic heterocycles. The second-order valence-electron chi connectivity index (χ2n) is 6.72. The molecule has 1 fully saturated rings. The number of nitrogens with zero attached hydrogens (tertiary/aromatic N) is 2. The molecule has 1 saturated heterocycles. The third kappa shape index (κ3) is 3.17. The SMILES string of the molecule is Cc1c(C(=O)N2CCN(Cc3ccccc3)CC2)[nH]c2ccccc12. The zero-order valence-electron chi connectivity index (χ0n) is 14.5. The number of carbonyl (C=O) groups excluding carboxylic acids is 1. The van der Waals surface area contributed by atoms with Gasteiger partial charge in [-0.15, -0.1) is 0 Å². The van der Waals surface area contributed by atoms with E-state index in [-0.39, 0.29) is 5.91 Å². The quantitative estimate of drug-likeness (QED) is 0.797. The molecule has 1 N–H and O–H groups in total. The molecule has 0 atom stereocenters. The van der Waals surface area contributed by atoms with E-state index in [1.54, 1.807) is 0 Å². The number of H-pyrrole nitrogens is 1. The van der Waals surface area contributed by atoms with Crippen molar-refractivity contribution in [3.8, 4) is 0 Å². The van der Waals surface area contributed by atoms with Gasteiger partial charge in [0.2, 0.25) is 0 Å². The summed E-state index contributed by atoms with van der Waals surface area (Å²) in [5.74, 6) is 0.119. The molecule has 1 aliphatic heterocycles. The molecule has 128 valence electrons. The molecule has 1 aliphatic rings. The summed E-state index contributed by atoms with van der Waals surface area (Å²) in [6.45, 7) is 6.37. The van der Waals surface area contributed by atoms with Gasteiger partial charge in [-0.1, -0.05) is 48.5 Å². The number of piperazine rings is 1. The number of aromatic amines is 1. The Balaban J connectivity index is 1.43. The van der Waals surface area contributed by atoms with E-state index in [9.17, 15) is 4.79 Å². The predicted octanol–water partition coefficient (Wildman–Crippen LogP) is 3.43. The van der Waals surface area contributed by atoms with Gasteiger partial charge in [0.25, 0.3) is 5.91 Å². The summed E-state index contributed by atoms with van der Waals surface area (Å²) in [6, 6.07) is 18.6. The maximum atomic E-state index is 12.9. The van der Waals surface area contributed by atoms with Crippen molar-refractivity contribution in [2.75, 3.05) is 26.2 Å². The molecule has 4 nitrogen and oxygen atoms in total. The minimum absolute atomic E-state index is 0.119. The first-order valence-corrected chi connectivity index (χ1v) is 8.85. The number of nitrogens with one attached hydrogen (secondary N) is 1. The highest BCUT2D eigenvalue weighted by Gasteiger charge is 2.24. The van der Waals surface area contributed by atoms with Crippen molar-refractivity contribution in [3.05, 3.63) is 71.4 Å². The van der Waals surface area contributed by atoms with Crippen molar-refractivity contribution in [2.24, 2.45) is 0 Å². The molecule has 3 aromatic rings. The van der Waals surface area contributed by atoms with E-state index >= 15 is 0 Å². The summed E-state index contributed by atoms with van der Waals surface area (Å²) in [7, 11) is 0. The van der Waals surface area contributed by atoms with Crippen molar-refractivity contribution in [1.29, 1.82) is 0 Å². The Hall–Kier alpha value is -2.59. The molecule has 2 aromatic carbocycles.